The first-order chi connectivity index (χ1) is 0. The molecule has 0 saturated carbocycles. The number of hydrogen-bond donors (Lipinski definition) is 0. The molecule has 0 amide bonds. The van der Waals surface area contributed by atoms with Gasteiger partial charge in [0.25, 0.3) is 0 Å². The molecular formula is H8K2Na2O2. The summed E-state index contributed by atoms with van der Waals surface area (Å²) in [5.41, 5.74) is 0. The van der Waals surface area contributed by atoms with E-state index in [1.165, 1.54) is 0 Å². The molecule has 0 aromatic rings. The Morgan fingerprint density at radius 1 is 0.500 bits per heavy atom. The molecule has 6 heteroatoms. The van der Waals surface area contributed by atoms with Gasteiger partial charge in [-0.2, -0.15) is 0 Å². The molecule has 0 unspecified atom stereocenters. The summed E-state index contributed by atoms with van der Waals surface area (Å²) in [6.45, 7) is 0. The molecule has 0 rings (SSSR count). The fourth-order valence-corrected chi connectivity index (χ4v) is 0. The van der Waals surface area contributed by atoms with Crippen LogP contribution < -0.4 is 0 Å². The SMILES string of the molecule is O.O.[KH].[KH].[NaH].[NaH]. The summed E-state index contributed by atoms with van der Waals surface area (Å²) in [5.74, 6) is 0. The van der Waals surface area contributed by atoms with Gasteiger partial charge in [-0.25, -0.2) is 0 Å². The first kappa shape index (κ1) is 43.1. The van der Waals surface area contributed by atoms with Crippen LogP contribution in [0.5, 0.6) is 0 Å². The Bertz CT molecular complexity index is 9.51. The van der Waals surface area contributed by atoms with Crippen LogP contribution in [0.25, 0.3) is 0 Å². The van der Waals surface area contributed by atoms with Crippen molar-refractivity contribution in [2.45, 2.75) is 0 Å². The first-order valence-electron chi connectivity index (χ1n) is 0. The standard InChI is InChI=1S/2K.2Na.2H2O.4H/h;;;;2*1H2;;;;. The van der Waals surface area contributed by atoms with E-state index < -0.39 is 0 Å². The molecule has 6 heavy (non-hydrogen) atoms. The average Bonchev–Trinajstić information content (AvgIpc) is 0. The second-order valence-electron chi connectivity index (χ2n) is 0. The van der Waals surface area contributed by atoms with Crippen LogP contribution in [0.4, 0.5) is 0 Å². The first-order valence-corrected chi connectivity index (χ1v) is 0. The molecule has 24 valence electrons. The zero-order chi connectivity index (χ0) is 0. The summed E-state index contributed by atoms with van der Waals surface area (Å²) in [4.78, 5) is 0. The van der Waals surface area contributed by atoms with Gasteiger partial charge in [-0.05, 0) is 0 Å². The van der Waals surface area contributed by atoms with E-state index in [4.69, 9.17) is 0 Å². The zero-order valence-corrected chi connectivity index (χ0v) is 1.00. The fraction of sp³-hybridized carbons (Fsp3) is 0. The third-order valence-corrected chi connectivity index (χ3v) is 0. The van der Waals surface area contributed by atoms with Crippen molar-refractivity contribution in [2.24, 2.45) is 0 Å². The van der Waals surface area contributed by atoms with Gasteiger partial charge in [-0.1, -0.05) is 0 Å². The van der Waals surface area contributed by atoms with Crippen LogP contribution in [0.3, 0.4) is 0 Å². The monoisotopic (exact) mass is 164 g/mol. The topological polar surface area (TPSA) is 63.0 Å². The van der Waals surface area contributed by atoms with Crippen LogP contribution in [0, 0.1) is 0 Å². The van der Waals surface area contributed by atoms with E-state index in [-0.39, 0.29) is 173 Å². The summed E-state index contributed by atoms with van der Waals surface area (Å²) < 4.78 is 0. The van der Waals surface area contributed by atoms with E-state index in [0.717, 1.165) is 0 Å². The molecule has 0 spiro atoms. The van der Waals surface area contributed by atoms with Crippen molar-refractivity contribution < 1.29 is 11.0 Å². The molecule has 4 N–H and O–H groups in total. The van der Waals surface area contributed by atoms with Crippen LogP contribution in [0.15, 0.2) is 0 Å². The van der Waals surface area contributed by atoms with E-state index in [1.807, 2.05) is 0 Å². The van der Waals surface area contributed by atoms with E-state index in [0.29, 0.717) is 0 Å². The molecule has 0 heterocycles. The van der Waals surface area contributed by atoms with E-state index in [9.17, 15) is 0 Å². The molecule has 0 atom stereocenters. The molecule has 0 aromatic heterocycles. The van der Waals surface area contributed by atoms with Crippen LogP contribution >= 0.6 is 0 Å². The number of rotatable bonds is 0. The molecular weight excluding hydrogens is 156 g/mol. The van der Waals surface area contributed by atoms with Crippen molar-refractivity contribution in [3.05, 3.63) is 0 Å². The molecule has 0 bridgehead atoms. The quantitative estimate of drug-likeness (QED) is 0.326. The Balaban J connectivity index is 0. The van der Waals surface area contributed by atoms with E-state index in [1.54, 1.807) is 0 Å². The van der Waals surface area contributed by atoms with Crippen LogP contribution in [0.1, 0.15) is 0 Å². The van der Waals surface area contributed by atoms with Gasteiger partial charge in [0, 0.05) is 0 Å². The average molecular weight is 164 g/mol. The third-order valence-electron chi connectivity index (χ3n) is 0. The van der Waals surface area contributed by atoms with E-state index >= 15 is 0 Å². The maximum absolute atomic E-state index is 0. The van der Waals surface area contributed by atoms with Crippen molar-refractivity contribution in [1.82, 2.24) is 0 Å². The van der Waals surface area contributed by atoms with Crippen molar-refractivity contribution >= 4 is 162 Å². The zero-order valence-electron chi connectivity index (χ0n) is 1.00. The van der Waals surface area contributed by atoms with Gasteiger partial charge in [0.1, 0.15) is 0 Å². The van der Waals surface area contributed by atoms with Crippen molar-refractivity contribution in [3.63, 3.8) is 0 Å². The Kier molecular flexibility index (Phi) is 230. The second kappa shape index (κ2) is 31.9. The predicted octanol–water partition coefficient (Wildman–Crippen LogP) is -4.24. The molecule has 0 aliphatic rings. The second-order valence-corrected chi connectivity index (χ2v) is 0. The molecule has 0 aliphatic carbocycles. The van der Waals surface area contributed by atoms with Crippen molar-refractivity contribution in [1.29, 1.82) is 0 Å². The van der Waals surface area contributed by atoms with Crippen LogP contribution in [-0.2, 0) is 0 Å². The van der Waals surface area contributed by atoms with Crippen LogP contribution in [0.2, 0.25) is 0 Å². The summed E-state index contributed by atoms with van der Waals surface area (Å²) >= 11 is 0. The van der Waals surface area contributed by atoms with Crippen molar-refractivity contribution in [3.8, 4) is 0 Å². The Morgan fingerprint density at radius 3 is 0.500 bits per heavy atom. The molecule has 0 aliphatic heterocycles. The van der Waals surface area contributed by atoms with E-state index in [2.05, 4.69) is 0 Å². The summed E-state index contributed by atoms with van der Waals surface area (Å²) in [7, 11) is 0. The molecule has 0 saturated heterocycles. The van der Waals surface area contributed by atoms with Gasteiger partial charge in [-0.3, -0.25) is 0 Å². The Hall–Kier alpha value is 5.19. The normalized spacial score (nSPS) is 0. The van der Waals surface area contributed by atoms with Gasteiger partial charge in [0.05, 0.1) is 0 Å². The van der Waals surface area contributed by atoms with Gasteiger partial charge >= 0.3 is 162 Å². The summed E-state index contributed by atoms with van der Waals surface area (Å²) in [6.07, 6.45) is 0. The number of hydrogen-bond acceptors (Lipinski definition) is 0. The van der Waals surface area contributed by atoms with Gasteiger partial charge in [0.15, 0.2) is 0 Å². The minimum absolute atomic E-state index is 0. The third kappa shape index (κ3) is 22.9. The van der Waals surface area contributed by atoms with Gasteiger partial charge in [-0.15, -0.1) is 0 Å². The summed E-state index contributed by atoms with van der Waals surface area (Å²) in [6, 6.07) is 0. The molecule has 0 fully saturated rings. The predicted molar refractivity (Wildman–Crippen MR) is 35.8 cm³/mol. The molecule has 2 nitrogen and oxygen atoms in total. The summed E-state index contributed by atoms with van der Waals surface area (Å²) in [5, 5.41) is 0. The molecule has 0 radical (unpaired) electrons. The Labute approximate surface area is 167 Å². The maximum atomic E-state index is 0. The van der Waals surface area contributed by atoms with Crippen LogP contribution in [-0.4, -0.2) is 173 Å². The Morgan fingerprint density at radius 2 is 0.500 bits per heavy atom. The minimum atomic E-state index is 0. The fourth-order valence-electron chi connectivity index (χ4n) is 0. The molecule has 0 aromatic carbocycles. The van der Waals surface area contributed by atoms with Gasteiger partial charge < -0.3 is 11.0 Å². The van der Waals surface area contributed by atoms with Crippen molar-refractivity contribution in [2.75, 3.05) is 0 Å². The van der Waals surface area contributed by atoms with Gasteiger partial charge in [0.2, 0.25) is 0 Å².